The second-order valence-electron chi connectivity index (χ2n) is 2.58. The lowest BCUT2D eigenvalue weighted by molar-refractivity contribution is 0.409. The van der Waals surface area contributed by atoms with Crippen LogP contribution in [0.3, 0.4) is 0 Å². The molecule has 0 radical (unpaired) electrons. The van der Waals surface area contributed by atoms with E-state index in [1.54, 1.807) is 18.2 Å². The molecule has 66 valence electrons. The molecule has 0 spiro atoms. The Kier molecular flexibility index (Phi) is 2.03. The Labute approximate surface area is 79.8 Å². The van der Waals surface area contributed by atoms with Gasteiger partial charge in [0.1, 0.15) is 5.52 Å². The molecule has 0 atom stereocenters. The van der Waals surface area contributed by atoms with Gasteiger partial charge in [-0.25, -0.2) is 4.98 Å². The van der Waals surface area contributed by atoms with Gasteiger partial charge < -0.3 is 14.5 Å². The van der Waals surface area contributed by atoms with Gasteiger partial charge in [0.25, 0.3) is 0 Å². The molecule has 0 aliphatic carbocycles. The number of benzene rings is 1. The minimum absolute atomic E-state index is 0.103. The molecule has 1 aromatic carbocycles. The molecule has 2 N–H and O–H groups in total. The van der Waals surface area contributed by atoms with Crippen molar-refractivity contribution in [3.63, 3.8) is 0 Å². The highest BCUT2D eigenvalue weighted by Gasteiger charge is 2.18. The molecule has 2 rings (SSSR count). The van der Waals surface area contributed by atoms with Gasteiger partial charge in [-0.2, -0.15) is 0 Å². The number of thiol groups is 1. The summed E-state index contributed by atoms with van der Waals surface area (Å²) in [6.45, 7) is 0. The van der Waals surface area contributed by atoms with Crippen LogP contribution in [0.25, 0.3) is 11.1 Å². The number of nitrogens with zero attached hydrogens (tertiary/aromatic N) is 1. The summed E-state index contributed by atoms with van der Waals surface area (Å²) in [5, 5.41) is 17.5. The fourth-order valence-electron chi connectivity index (χ4n) is 1.04. The van der Waals surface area contributed by atoms with Gasteiger partial charge in [-0.15, -0.1) is 12.6 Å². The molecule has 0 aliphatic rings. The van der Waals surface area contributed by atoms with Crippen LogP contribution in [0, 0.1) is 0 Å². The van der Waals surface area contributed by atoms with Crippen LogP contribution in [0.5, 0.6) is 0 Å². The first-order chi connectivity index (χ1) is 6.16. The molecular formula is C7H6BNO3S. The van der Waals surface area contributed by atoms with Crippen molar-refractivity contribution in [2.45, 2.75) is 4.90 Å². The molecule has 0 amide bonds. The van der Waals surface area contributed by atoms with Gasteiger partial charge in [-0.05, 0) is 18.2 Å². The van der Waals surface area contributed by atoms with E-state index in [2.05, 4.69) is 17.6 Å². The van der Waals surface area contributed by atoms with Crippen LogP contribution >= 0.6 is 12.6 Å². The van der Waals surface area contributed by atoms with E-state index in [9.17, 15) is 0 Å². The van der Waals surface area contributed by atoms with Gasteiger partial charge in [-0.1, -0.05) is 0 Å². The predicted octanol–water partition coefficient (Wildman–Crippen LogP) is -0.204. The standard InChI is InChI=1S/C7H6BNO3S/c10-8(11)7-9-5-3-4(13)1-2-6(5)12-7/h1-3,10-11,13H. The molecular weight excluding hydrogens is 189 g/mol. The fraction of sp³-hybridized carbons (Fsp3) is 0. The van der Waals surface area contributed by atoms with Crippen molar-refractivity contribution in [3.8, 4) is 0 Å². The largest absolute Gasteiger partial charge is 0.548 e. The highest BCUT2D eigenvalue weighted by molar-refractivity contribution is 7.80. The minimum Gasteiger partial charge on any atom is -0.444 e. The summed E-state index contributed by atoms with van der Waals surface area (Å²) in [6, 6.07) is 5.11. The zero-order valence-corrected chi connectivity index (χ0v) is 7.40. The molecule has 0 unspecified atom stereocenters. The number of hydrogen-bond acceptors (Lipinski definition) is 5. The molecule has 0 saturated heterocycles. The Morgan fingerprint density at radius 1 is 1.38 bits per heavy atom. The molecule has 0 fully saturated rings. The molecule has 1 heterocycles. The Hall–Kier alpha value is -0.975. The lowest BCUT2D eigenvalue weighted by Gasteiger charge is -1.87. The Morgan fingerprint density at radius 2 is 2.15 bits per heavy atom. The van der Waals surface area contributed by atoms with E-state index < -0.39 is 7.12 Å². The summed E-state index contributed by atoms with van der Waals surface area (Å²) >= 11 is 4.11. The Balaban J connectivity index is 2.62. The van der Waals surface area contributed by atoms with Gasteiger partial charge in [-0.3, -0.25) is 0 Å². The summed E-state index contributed by atoms with van der Waals surface area (Å²) in [4.78, 5) is 4.61. The van der Waals surface area contributed by atoms with Gasteiger partial charge >= 0.3 is 7.12 Å². The number of hydrogen-bond donors (Lipinski definition) is 3. The molecule has 2 aromatic rings. The maximum Gasteiger partial charge on any atom is 0.548 e. The van der Waals surface area contributed by atoms with E-state index in [1.165, 1.54) is 0 Å². The molecule has 0 saturated carbocycles. The van der Waals surface area contributed by atoms with Crippen LogP contribution in [-0.2, 0) is 0 Å². The molecule has 0 aliphatic heterocycles. The number of rotatable bonds is 1. The number of aromatic nitrogens is 1. The molecule has 13 heavy (non-hydrogen) atoms. The van der Waals surface area contributed by atoms with E-state index in [1.807, 2.05) is 0 Å². The van der Waals surface area contributed by atoms with E-state index in [-0.39, 0.29) is 5.79 Å². The first-order valence-corrected chi connectivity index (χ1v) is 4.07. The van der Waals surface area contributed by atoms with Crippen molar-refractivity contribution in [1.82, 2.24) is 4.98 Å². The first-order valence-electron chi connectivity index (χ1n) is 3.62. The molecule has 1 aromatic heterocycles. The second-order valence-corrected chi connectivity index (χ2v) is 3.09. The van der Waals surface area contributed by atoms with Gasteiger partial charge in [0.05, 0.1) is 0 Å². The summed E-state index contributed by atoms with van der Waals surface area (Å²) in [7, 11) is -1.67. The van der Waals surface area contributed by atoms with E-state index in [0.29, 0.717) is 11.1 Å². The zero-order valence-electron chi connectivity index (χ0n) is 6.51. The summed E-state index contributed by atoms with van der Waals surface area (Å²) in [5.74, 6) is -0.103. The van der Waals surface area contributed by atoms with Crippen LogP contribution in [0.2, 0.25) is 0 Å². The lowest BCUT2D eigenvalue weighted by atomic mass is 9.93. The van der Waals surface area contributed by atoms with Crippen molar-refractivity contribution in [1.29, 1.82) is 0 Å². The number of fused-ring (bicyclic) bond motifs is 1. The van der Waals surface area contributed by atoms with Crippen molar-refractivity contribution < 1.29 is 14.5 Å². The Morgan fingerprint density at radius 3 is 2.85 bits per heavy atom. The molecule has 4 nitrogen and oxygen atoms in total. The van der Waals surface area contributed by atoms with E-state index >= 15 is 0 Å². The van der Waals surface area contributed by atoms with Crippen molar-refractivity contribution in [3.05, 3.63) is 18.2 Å². The topological polar surface area (TPSA) is 66.5 Å². The SMILES string of the molecule is OB(O)c1nc2cc(S)ccc2o1. The quantitative estimate of drug-likeness (QED) is 0.435. The third-order valence-electron chi connectivity index (χ3n) is 1.61. The number of oxazole rings is 1. The second kappa shape index (κ2) is 3.06. The van der Waals surface area contributed by atoms with Crippen molar-refractivity contribution in [2.75, 3.05) is 0 Å². The van der Waals surface area contributed by atoms with E-state index in [0.717, 1.165) is 4.90 Å². The van der Waals surface area contributed by atoms with Crippen molar-refractivity contribution in [2.24, 2.45) is 0 Å². The lowest BCUT2D eigenvalue weighted by Crippen LogP contribution is -2.30. The van der Waals surface area contributed by atoms with Crippen LogP contribution in [0.15, 0.2) is 27.5 Å². The third-order valence-corrected chi connectivity index (χ3v) is 1.89. The third kappa shape index (κ3) is 1.56. The molecule has 0 bridgehead atoms. The average Bonchev–Trinajstić information content (AvgIpc) is 2.46. The summed E-state index contributed by atoms with van der Waals surface area (Å²) in [6.07, 6.45) is 0. The van der Waals surface area contributed by atoms with Gasteiger partial charge in [0, 0.05) is 4.90 Å². The van der Waals surface area contributed by atoms with Crippen LogP contribution in [0.4, 0.5) is 0 Å². The van der Waals surface area contributed by atoms with Gasteiger partial charge in [0.2, 0.25) is 5.79 Å². The van der Waals surface area contributed by atoms with Crippen LogP contribution < -0.4 is 5.79 Å². The normalized spacial score (nSPS) is 10.7. The highest BCUT2D eigenvalue weighted by atomic mass is 32.1. The van der Waals surface area contributed by atoms with E-state index in [4.69, 9.17) is 14.5 Å². The smallest absolute Gasteiger partial charge is 0.444 e. The minimum atomic E-state index is -1.67. The predicted molar refractivity (Wildman–Crippen MR) is 51.1 cm³/mol. The van der Waals surface area contributed by atoms with Gasteiger partial charge in [0.15, 0.2) is 5.58 Å². The average molecular weight is 195 g/mol. The monoisotopic (exact) mass is 195 g/mol. The maximum absolute atomic E-state index is 8.77. The maximum atomic E-state index is 8.77. The summed E-state index contributed by atoms with van der Waals surface area (Å²) in [5.41, 5.74) is 1.08. The zero-order chi connectivity index (χ0) is 9.42. The van der Waals surface area contributed by atoms with Crippen molar-refractivity contribution >= 4 is 36.6 Å². The fourth-order valence-corrected chi connectivity index (χ4v) is 1.24. The first kappa shape index (κ1) is 8.62. The van der Waals surface area contributed by atoms with Crippen LogP contribution in [0.1, 0.15) is 0 Å². The highest BCUT2D eigenvalue weighted by Crippen LogP contribution is 2.15. The van der Waals surface area contributed by atoms with Crippen LogP contribution in [-0.4, -0.2) is 22.2 Å². The Bertz CT molecular complexity index is 442. The summed E-state index contributed by atoms with van der Waals surface area (Å²) < 4.78 is 5.04. The molecule has 6 heteroatoms.